The zero-order valence-corrected chi connectivity index (χ0v) is 14.4. The molecule has 6 nitrogen and oxygen atoms in total. The summed E-state index contributed by atoms with van der Waals surface area (Å²) in [5.41, 5.74) is 1.19. The summed E-state index contributed by atoms with van der Waals surface area (Å²) in [6.07, 6.45) is 0. The summed E-state index contributed by atoms with van der Waals surface area (Å²) in [6, 6.07) is 9.19. The average molecular weight is 398 g/mol. The predicted molar refractivity (Wildman–Crippen MR) is 86.1 cm³/mol. The van der Waals surface area contributed by atoms with E-state index in [1.54, 1.807) is 18.2 Å². The minimum Gasteiger partial charge on any atom is -0.454 e. The molecule has 0 aromatic heterocycles. The summed E-state index contributed by atoms with van der Waals surface area (Å²) in [6.45, 7) is 1.91. The average Bonchev–Trinajstić information content (AvgIpc) is 2.93. The molecule has 3 rings (SSSR count). The van der Waals surface area contributed by atoms with Gasteiger partial charge in [0.1, 0.15) is 0 Å². The number of sulfonamides is 1. The van der Waals surface area contributed by atoms with Crippen molar-refractivity contribution in [1.82, 2.24) is 4.72 Å². The molecule has 2 aromatic rings. The van der Waals surface area contributed by atoms with Crippen LogP contribution in [0.3, 0.4) is 0 Å². The second-order valence-corrected chi connectivity index (χ2v) is 7.47. The predicted octanol–water partition coefficient (Wildman–Crippen LogP) is 2.60. The lowest BCUT2D eigenvalue weighted by molar-refractivity contribution is 0.0980. The number of benzene rings is 2. The van der Waals surface area contributed by atoms with Crippen molar-refractivity contribution in [1.29, 1.82) is 0 Å². The van der Waals surface area contributed by atoms with E-state index in [-0.39, 0.29) is 17.3 Å². The summed E-state index contributed by atoms with van der Waals surface area (Å²) in [4.78, 5) is 12.2. The van der Waals surface area contributed by atoms with Gasteiger partial charge in [0, 0.05) is 10.5 Å². The van der Waals surface area contributed by atoms with Crippen molar-refractivity contribution in [3.05, 3.63) is 52.0 Å². The highest BCUT2D eigenvalue weighted by Gasteiger charge is 2.23. The Kier molecular flexibility index (Phi) is 4.03. The molecule has 0 radical (unpaired) electrons. The van der Waals surface area contributed by atoms with E-state index >= 15 is 0 Å². The Balaban J connectivity index is 1.87. The fraction of sp³-hybridized carbons (Fsp3) is 0.133. The van der Waals surface area contributed by atoms with Crippen LogP contribution >= 0.6 is 15.9 Å². The quantitative estimate of drug-likeness (QED) is 0.860. The van der Waals surface area contributed by atoms with E-state index in [0.29, 0.717) is 16.0 Å². The molecule has 2 aromatic carbocycles. The van der Waals surface area contributed by atoms with Crippen LogP contribution < -0.4 is 14.2 Å². The zero-order chi connectivity index (χ0) is 16.6. The van der Waals surface area contributed by atoms with Gasteiger partial charge >= 0.3 is 0 Å². The van der Waals surface area contributed by atoms with Gasteiger partial charge in [-0.3, -0.25) is 4.79 Å². The Morgan fingerprint density at radius 2 is 1.87 bits per heavy atom. The molecule has 1 aliphatic heterocycles. The fourth-order valence-corrected chi connectivity index (χ4v) is 3.74. The number of halogens is 1. The van der Waals surface area contributed by atoms with Gasteiger partial charge in [0.25, 0.3) is 15.9 Å². The van der Waals surface area contributed by atoms with Gasteiger partial charge in [-0.25, -0.2) is 13.1 Å². The first-order valence-electron chi connectivity index (χ1n) is 6.60. The van der Waals surface area contributed by atoms with Gasteiger partial charge in [-0.15, -0.1) is 0 Å². The molecule has 0 saturated heterocycles. The van der Waals surface area contributed by atoms with E-state index in [2.05, 4.69) is 15.9 Å². The van der Waals surface area contributed by atoms with Gasteiger partial charge in [-0.2, -0.15) is 0 Å². The molecule has 0 fully saturated rings. The van der Waals surface area contributed by atoms with Crippen LogP contribution in [0.15, 0.2) is 45.8 Å². The largest absolute Gasteiger partial charge is 0.454 e. The molecular formula is C15H12BrNO5S. The molecule has 1 aliphatic rings. The first kappa shape index (κ1) is 15.8. The lowest BCUT2D eigenvalue weighted by Crippen LogP contribution is -2.30. The van der Waals surface area contributed by atoms with Crippen LogP contribution in [0.25, 0.3) is 0 Å². The SMILES string of the molecule is Cc1ccc(C(=O)NS(=O)(=O)c2ccc3c(c2)OCO3)c(Br)c1. The van der Waals surface area contributed by atoms with E-state index in [1.807, 2.05) is 11.6 Å². The van der Waals surface area contributed by atoms with Crippen molar-refractivity contribution in [2.75, 3.05) is 6.79 Å². The molecule has 120 valence electrons. The van der Waals surface area contributed by atoms with Gasteiger partial charge < -0.3 is 9.47 Å². The van der Waals surface area contributed by atoms with Crippen LogP contribution in [0.2, 0.25) is 0 Å². The minimum atomic E-state index is -4.01. The first-order chi connectivity index (χ1) is 10.9. The van der Waals surface area contributed by atoms with Gasteiger partial charge in [0.15, 0.2) is 11.5 Å². The second-order valence-electron chi connectivity index (χ2n) is 4.93. The number of nitrogens with one attached hydrogen (secondary N) is 1. The number of hydrogen-bond acceptors (Lipinski definition) is 5. The number of hydrogen-bond donors (Lipinski definition) is 1. The van der Waals surface area contributed by atoms with Crippen LogP contribution in [0.4, 0.5) is 0 Å². The molecule has 23 heavy (non-hydrogen) atoms. The maximum Gasteiger partial charge on any atom is 0.266 e. The molecule has 1 N–H and O–H groups in total. The molecule has 0 spiro atoms. The highest BCUT2D eigenvalue weighted by atomic mass is 79.9. The number of rotatable bonds is 3. The number of carbonyl (C=O) groups excluding carboxylic acids is 1. The zero-order valence-electron chi connectivity index (χ0n) is 12.0. The van der Waals surface area contributed by atoms with Crippen molar-refractivity contribution in [3.8, 4) is 11.5 Å². The highest BCUT2D eigenvalue weighted by molar-refractivity contribution is 9.10. The Morgan fingerprint density at radius 3 is 2.61 bits per heavy atom. The van der Waals surface area contributed by atoms with E-state index in [1.165, 1.54) is 18.2 Å². The highest BCUT2D eigenvalue weighted by Crippen LogP contribution is 2.33. The van der Waals surface area contributed by atoms with Crippen molar-refractivity contribution < 1.29 is 22.7 Å². The maximum absolute atomic E-state index is 12.4. The standard InChI is InChI=1S/C15H12BrNO5S/c1-9-2-4-11(12(16)6-9)15(18)17-23(19,20)10-3-5-13-14(7-10)22-8-21-13/h2-7H,8H2,1H3,(H,17,18). The van der Waals surface area contributed by atoms with Gasteiger partial charge in [0.2, 0.25) is 6.79 Å². The summed E-state index contributed by atoms with van der Waals surface area (Å²) in [5, 5.41) is 0. The van der Waals surface area contributed by atoms with Crippen molar-refractivity contribution in [2.24, 2.45) is 0 Å². The first-order valence-corrected chi connectivity index (χ1v) is 8.87. The molecule has 0 saturated carbocycles. The van der Waals surface area contributed by atoms with Crippen LogP contribution in [0.1, 0.15) is 15.9 Å². The Morgan fingerprint density at radius 1 is 1.13 bits per heavy atom. The normalized spacial score (nSPS) is 13.0. The Labute approximate surface area is 141 Å². The number of aryl methyl sites for hydroxylation is 1. The van der Waals surface area contributed by atoms with E-state index in [0.717, 1.165) is 5.56 Å². The van der Waals surface area contributed by atoms with E-state index in [9.17, 15) is 13.2 Å². The van der Waals surface area contributed by atoms with Crippen LogP contribution in [0.5, 0.6) is 11.5 Å². The third-order valence-corrected chi connectivity index (χ3v) is 5.24. The Bertz CT molecular complexity index is 895. The smallest absolute Gasteiger partial charge is 0.266 e. The second kappa shape index (κ2) is 5.86. The molecule has 0 bridgehead atoms. The Hall–Kier alpha value is -2.06. The number of fused-ring (bicyclic) bond motifs is 1. The topological polar surface area (TPSA) is 81.7 Å². The lowest BCUT2D eigenvalue weighted by atomic mass is 10.1. The van der Waals surface area contributed by atoms with Crippen LogP contribution in [-0.4, -0.2) is 21.1 Å². The van der Waals surface area contributed by atoms with Crippen molar-refractivity contribution in [3.63, 3.8) is 0 Å². The molecule has 1 heterocycles. The van der Waals surface area contributed by atoms with Crippen molar-refractivity contribution >= 4 is 31.9 Å². The summed E-state index contributed by atoms with van der Waals surface area (Å²) in [5.74, 6) is 0.0861. The third-order valence-electron chi connectivity index (χ3n) is 3.25. The fourth-order valence-electron chi connectivity index (χ4n) is 2.08. The molecule has 8 heteroatoms. The monoisotopic (exact) mass is 397 g/mol. The summed E-state index contributed by atoms with van der Waals surface area (Å²) < 4.78 is 37.6. The van der Waals surface area contributed by atoms with Crippen LogP contribution in [-0.2, 0) is 10.0 Å². The summed E-state index contributed by atoms with van der Waals surface area (Å²) in [7, 11) is -4.01. The van der Waals surface area contributed by atoms with Gasteiger partial charge in [-0.05, 0) is 52.7 Å². The van der Waals surface area contributed by atoms with Gasteiger partial charge in [0.05, 0.1) is 10.5 Å². The third kappa shape index (κ3) is 3.18. The van der Waals surface area contributed by atoms with E-state index in [4.69, 9.17) is 9.47 Å². The van der Waals surface area contributed by atoms with E-state index < -0.39 is 15.9 Å². The number of amides is 1. The minimum absolute atomic E-state index is 0.0432. The van der Waals surface area contributed by atoms with Crippen LogP contribution in [0, 0.1) is 6.92 Å². The molecular weight excluding hydrogens is 386 g/mol. The van der Waals surface area contributed by atoms with Crippen molar-refractivity contribution in [2.45, 2.75) is 11.8 Å². The maximum atomic E-state index is 12.4. The molecule has 0 atom stereocenters. The molecule has 0 aliphatic carbocycles. The van der Waals surface area contributed by atoms with Gasteiger partial charge in [-0.1, -0.05) is 6.07 Å². The lowest BCUT2D eigenvalue weighted by Gasteiger charge is -2.09. The molecule has 0 unspecified atom stereocenters. The number of carbonyl (C=O) groups is 1. The summed E-state index contributed by atoms with van der Waals surface area (Å²) >= 11 is 3.26. The molecule has 1 amide bonds. The number of ether oxygens (including phenoxy) is 2.